The lowest BCUT2D eigenvalue weighted by Crippen LogP contribution is -2.32. The number of hydrogen-bond donors (Lipinski definition) is 1. The topological polar surface area (TPSA) is 89.9 Å². The van der Waals surface area contributed by atoms with Crippen molar-refractivity contribution in [3.05, 3.63) is 70.5 Å². The van der Waals surface area contributed by atoms with Gasteiger partial charge >= 0.3 is 5.97 Å². The number of phenols is 1. The molecular weight excluding hydrogens is 336 g/mol. The van der Waals surface area contributed by atoms with Crippen LogP contribution < -0.4 is 4.74 Å². The number of Topliss-reactive ketones (excluding diaryl/α,β-unsaturated/α-hetero) is 2. The summed E-state index contributed by atoms with van der Waals surface area (Å²) in [7, 11) is 1.41. The first-order valence-corrected chi connectivity index (χ1v) is 8.01. The van der Waals surface area contributed by atoms with Gasteiger partial charge < -0.3 is 14.6 Å². The van der Waals surface area contributed by atoms with Crippen molar-refractivity contribution < 1.29 is 29.0 Å². The molecule has 1 atom stereocenters. The number of carbonyl (C=O) groups excluding carboxylic acids is 3. The summed E-state index contributed by atoms with van der Waals surface area (Å²) in [5, 5.41) is 9.79. The predicted molar refractivity (Wildman–Crippen MR) is 90.2 cm³/mol. The molecule has 0 unspecified atom stereocenters. The minimum Gasteiger partial charge on any atom is -0.504 e. The first-order valence-electron chi connectivity index (χ1n) is 8.01. The molecular formula is C20H14O6. The van der Waals surface area contributed by atoms with Crippen molar-refractivity contribution >= 4 is 17.5 Å². The maximum atomic E-state index is 13.0. The Hall–Kier alpha value is -3.41. The van der Waals surface area contributed by atoms with E-state index in [1.165, 1.54) is 13.2 Å². The Bertz CT molecular complexity index is 1000. The molecule has 2 aromatic rings. The van der Waals surface area contributed by atoms with Crippen LogP contribution in [0.3, 0.4) is 0 Å². The summed E-state index contributed by atoms with van der Waals surface area (Å²) in [5.74, 6) is -2.08. The van der Waals surface area contributed by atoms with E-state index >= 15 is 0 Å². The Morgan fingerprint density at radius 3 is 2.42 bits per heavy atom. The number of fused-ring (bicyclic) bond motifs is 1. The molecule has 6 heteroatoms. The summed E-state index contributed by atoms with van der Waals surface area (Å²) in [6.45, 7) is 0. The summed E-state index contributed by atoms with van der Waals surface area (Å²) in [5.41, 5.74) is 1.28. The van der Waals surface area contributed by atoms with Crippen molar-refractivity contribution in [2.24, 2.45) is 0 Å². The molecule has 1 N–H and O–H groups in total. The summed E-state index contributed by atoms with van der Waals surface area (Å²) in [4.78, 5) is 37.9. The van der Waals surface area contributed by atoms with Gasteiger partial charge in [0.2, 0.25) is 5.78 Å². The highest BCUT2D eigenvalue weighted by Crippen LogP contribution is 2.42. The van der Waals surface area contributed by atoms with E-state index in [-0.39, 0.29) is 40.6 Å². The number of methoxy groups -OCH3 is 1. The smallest absolute Gasteiger partial charge is 0.312 e. The molecule has 4 rings (SSSR count). The number of phenolic OH excluding ortho intramolecular Hbond substituents is 1. The Morgan fingerprint density at radius 2 is 1.73 bits per heavy atom. The maximum absolute atomic E-state index is 13.0. The molecule has 0 amide bonds. The van der Waals surface area contributed by atoms with Crippen molar-refractivity contribution in [3.8, 4) is 11.5 Å². The van der Waals surface area contributed by atoms with Crippen LogP contribution in [0.4, 0.5) is 0 Å². The fourth-order valence-electron chi connectivity index (χ4n) is 3.41. The molecule has 2 aromatic carbocycles. The van der Waals surface area contributed by atoms with Crippen LogP contribution in [0, 0.1) is 0 Å². The summed E-state index contributed by atoms with van der Waals surface area (Å²) in [6.07, 6.45) is -0.0754. The molecule has 0 saturated carbocycles. The Balaban J connectivity index is 1.90. The van der Waals surface area contributed by atoms with Crippen LogP contribution in [-0.4, -0.2) is 29.8 Å². The number of ether oxygens (including phenoxy) is 2. The van der Waals surface area contributed by atoms with Crippen LogP contribution in [0.1, 0.15) is 38.6 Å². The Kier molecular flexibility index (Phi) is 3.61. The van der Waals surface area contributed by atoms with Gasteiger partial charge in [-0.2, -0.15) is 0 Å². The van der Waals surface area contributed by atoms with E-state index < -0.39 is 17.7 Å². The highest BCUT2D eigenvalue weighted by Gasteiger charge is 2.42. The number of ketones is 2. The molecule has 1 aliphatic carbocycles. The van der Waals surface area contributed by atoms with E-state index in [2.05, 4.69) is 0 Å². The maximum Gasteiger partial charge on any atom is 0.312 e. The number of carbonyl (C=O) groups is 3. The molecule has 2 aliphatic rings. The van der Waals surface area contributed by atoms with Gasteiger partial charge in [-0.05, 0) is 17.7 Å². The van der Waals surface area contributed by atoms with Crippen molar-refractivity contribution in [3.63, 3.8) is 0 Å². The fraction of sp³-hybridized carbons (Fsp3) is 0.150. The molecule has 0 radical (unpaired) electrons. The SMILES string of the molecule is COc1cc([C@H]2CC(=O)OC3=C2C(=O)c2ccccc2C3=O)ccc1O. The van der Waals surface area contributed by atoms with E-state index in [0.717, 1.165) is 0 Å². The van der Waals surface area contributed by atoms with Gasteiger partial charge in [-0.25, -0.2) is 0 Å². The Morgan fingerprint density at radius 1 is 1.04 bits per heavy atom. The highest BCUT2D eigenvalue weighted by atomic mass is 16.5. The van der Waals surface area contributed by atoms with E-state index in [0.29, 0.717) is 11.1 Å². The summed E-state index contributed by atoms with van der Waals surface area (Å²) in [6, 6.07) is 11.1. The number of allylic oxidation sites excluding steroid dienone is 2. The van der Waals surface area contributed by atoms with Gasteiger partial charge in [0, 0.05) is 17.0 Å². The van der Waals surface area contributed by atoms with Gasteiger partial charge in [0.25, 0.3) is 0 Å². The zero-order chi connectivity index (χ0) is 18.4. The zero-order valence-corrected chi connectivity index (χ0v) is 13.8. The van der Waals surface area contributed by atoms with Crippen molar-refractivity contribution in [2.75, 3.05) is 7.11 Å². The number of benzene rings is 2. The average Bonchev–Trinajstić information content (AvgIpc) is 2.66. The minimum atomic E-state index is -0.648. The zero-order valence-electron chi connectivity index (χ0n) is 13.8. The van der Waals surface area contributed by atoms with Gasteiger partial charge in [-0.15, -0.1) is 0 Å². The first-order chi connectivity index (χ1) is 12.5. The summed E-state index contributed by atoms with van der Waals surface area (Å²) < 4.78 is 10.3. The monoisotopic (exact) mass is 350 g/mol. The minimum absolute atomic E-state index is 0.0553. The highest BCUT2D eigenvalue weighted by molar-refractivity contribution is 6.27. The number of rotatable bonds is 2. The fourth-order valence-corrected chi connectivity index (χ4v) is 3.41. The third kappa shape index (κ3) is 2.30. The van der Waals surface area contributed by atoms with Crippen LogP contribution in [0.5, 0.6) is 11.5 Å². The van der Waals surface area contributed by atoms with Gasteiger partial charge in [0.1, 0.15) is 0 Å². The first kappa shape index (κ1) is 16.1. The molecule has 6 nitrogen and oxygen atoms in total. The molecule has 1 heterocycles. The molecule has 0 fully saturated rings. The largest absolute Gasteiger partial charge is 0.504 e. The lowest BCUT2D eigenvalue weighted by atomic mass is 9.77. The standard InChI is InChI=1S/C20H14O6/c1-25-15-8-10(6-7-14(15)21)13-9-16(22)26-20-17(13)18(23)11-4-2-3-5-12(11)19(20)24/h2-8,13,21H,9H2,1H3/t13-/m1/s1. The van der Waals surface area contributed by atoms with E-state index in [4.69, 9.17) is 9.47 Å². The van der Waals surface area contributed by atoms with Crippen LogP contribution >= 0.6 is 0 Å². The normalized spacial score (nSPS) is 19.0. The molecule has 0 spiro atoms. The third-order valence-electron chi connectivity index (χ3n) is 4.65. The predicted octanol–water partition coefficient (Wildman–Crippen LogP) is 2.76. The number of esters is 1. The van der Waals surface area contributed by atoms with Gasteiger partial charge in [0.05, 0.1) is 19.1 Å². The lowest BCUT2D eigenvalue weighted by molar-refractivity contribution is -0.140. The Labute approximate surface area is 148 Å². The van der Waals surface area contributed by atoms with Crippen LogP contribution in [-0.2, 0) is 9.53 Å². The van der Waals surface area contributed by atoms with E-state index in [9.17, 15) is 19.5 Å². The van der Waals surface area contributed by atoms with Crippen LogP contribution in [0.15, 0.2) is 53.8 Å². The molecule has 0 bridgehead atoms. The third-order valence-corrected chi connectivity index (χ3v) is 4.65. The second-order valence-electron chi connectivity index (χ2n) is 6.11. The number of hydrogen-bond acceptors (Lipinski definition) is 6. The van der Waals surface area contributed by atoms with Crippen molar-refractivity contribution in [1.29, 1.82) is 0 Å². The second-order valence-corrected chi connectivity index (χ2v) is 6.11. The van der Waals surface area contributed by atoms with E-state index in [1.807, 2.05) is 0 Å². The molecule has 1 aliphatic heterocycles. The second kappa shape index (κ2) is 5.84. The lowest BCUT2D eigenvalue weighted by Gasteiger charge is -2.30. The van der Waals surface area contributed by atoms with Gasteiger partial charge in [-0.1, -0.05) is 30.3 Å². The molecule has 0 saturated heterocycles. The van der Waals surface area contributed by atoms with Crippen LogP contribution in [0.2, 0.25) is 0 Å². The summed E-state index contributed by atoms with van der Waals surface area (Å²) >= 11 is 0. The quantitative estimate of drug-likeness (QED) is 0.838. The molecule has 0 aromatic heterocycles. The molecule has 130 valence electrons. The van der Waals surface area contributed by atoms with Crippen molar-refractivity contribution in [2.45, 2.75) is 12.3 Å². The van der Waals surface area contributed by atoms with Crippen LogP contribution in [0.25, 0.3) is 0 Å². The van der Waals surface area contributed by atoms with Gasteiger partial charge in [0.15, 0.2) is 23.0 Å². The molecule has 26 heavy (non-hydrogen) atoms. The van der Waals surface area contributed by atoms with Gasteiger partial charge in [-0.3, -0.25) is 14.4 Å². The van der Waals surface area contributed by atoms with Crippen molar-refractivity contribution in [1.82, 2.24) is 0 Å². The van der Waals surface area contributed by atoms with E-state index in [1.54, 1.807) is 36.4 Å². The number of aromatic hydroxyl groups is 1. The average molecular weight is 350 g/mol.